The van der Waals surface area contributed by atoms with Crippen LogP contribution in [0.3, 0.4) is 0 Å². The molecule has 2 unspecified atom stereocenters. The second kappa shape index (κ2) is 8.08. The highest BCUT2D eigenvalue weighted by molar-refractivity contribution is 5.97. The van der Waals surface area contributed by atoms with Crippen molar-refractivity contribution in [2.75, 3.05) is 37.9 Å². The Kier molecular flexibility index (Phi) is 5.31. The predicted octanol–water partition coefficient (Wildman–Crippen LogP) is 1.42. The maximum absolute atomic E-state index is 13.7. The highest BCUT2D eigenvalue weighted by atomic mass is 16.5. The molecule has 0 bridgehead atoms. The number of rotatable bonds is 5. The first-order valence-electron chi connectivity index (χ1n) is 11.5. The maximum atomic E-state index is 13.7. The molecule has 0 radical (unpaired) electrons. The Balaban J connectivity index is 1.51. The van der Waals surface area contributed by atoms with Gasteiger partial charge in [-0.05, 0) is 37.9 Å². The molecule has 3 N–H and O–H groups in total. The van der Waals surface area contributed by atoms with Gasteiger partial charge in [-0.25, -0.2) is 9.97 Å². The highest BCUT2D eigenvalue weighted by Gasteiger charge is 2.46. The van der Waals surface area contributed by atoms with Crippen LogP contribution in [-0.4, -0.2) is 58.5 Å². The van der Waals surface area contributed by atoms with Crippen molar-refractivity contribution < 1.29 is 14.3 Å². The summed E-state index contributed by atoms with van der Waals surface area (Å²) in [5.41, 5.74) is 0.276. The summed E-state index contributed by atoms with van der Waals surface area (Å²) in [7, 11) is 3.48. The Morgan fingerprint density at radius 3 is 2.56 bits per heavy atom. The highest BCUT2D eigenvalue weighted by Crippen LogP contribution is 2.40. The molecule has 2 atom stereocenters. The minimum Gasteiger partial charge on any atom is -0.490 e. The van der Waals surface area contributed by atoms with Crippen molar-refractivity contribution in [1.82, 2.24) is 24.8 Å². The van der Waals surface area contributed by atoms with Crippen LogP contribution in [0.5, 0.6) is 5.75 Å². The fraction of sp³-hybridized carbons (Fsp3) is 0.522. The van der Waals surface area contributed by atoms with Gasteiger partial charge < -0.3 is 25.6 Å². The number of fused-ring (bicyclic) bond motifs is 2. The molecule has 2 amide bonds. The number of nitrogens with zero attached hydrogens (tertiary/aromatic N) is 4. The molecular formula is C23H29N7O4. The van der Waals surface area contributed by atoms with Crippen molar-refractivity contribution in [3.63, 3.8) is 0 Å². The fourth-order valence-corrected chi connectivity index (χ4v) is 4.96. The molecule has 34 heavy (non-hydrogen) atoms. The topological polar surface area (TPSA) is 130 Å². The summed E-state index contributed by atoms with van der Waals surface area (Å²) in [5.74, 6) is 0.699. The van der Waals surface area contributed by atoms with E-state index < -0.39 is 5.66 Å². The number of anilines is 3. The van der Waals surface area contributed by atoms with Crippen molar-refractivity contribution in [1.29, 1.82) is 0 Å². The molecule has 180 valence electrons. The number of aryl methyl sites for hydroxylation is 1. The molecule has 1 aliphatic carbocycles. The van der Waals surface area contributed by atoms with Crippen molar-refractivity contribution in [3.05, 3.63) is 34.0 Å². The number of aromatic nitrogens is 3. The number of ether oxygens (including phenoxy) is 1. The number of hydrogen-bond acceptors (Lipinski definition) is 8. The molecule has 4 heterocycles. The van der Waals surface area contributed by atoms with Gasteiger partial charge in [-0.3, -0.25) is 19.0 Å². The molecule has 1 saturated heterocycles. The number of amides is 2. The second-order valence-electron chi connectivity index (χ2n) is 9.56. The van der Waals surface area contributed by atoms with Crippen molar-refractivity contribution in [3.8, 4) is 5.75 Å². The first-order valence-corrected chi connectivity index (χ1v) is 11.5. The van der Waals surface area contributed by atoms with Crippen molar-refractivity contribution in [2.45, 2.75) is 38.8 Å². The molecule has 11 heteroatoms. The molecule has 3 aliphatic rings. The fourth-order valence-electron chi connectivity index (χ4n) is 4.96. The molecule has 0 aromatic carbocycles. The van der Waals surface area contributed by atoms with Crippen LogP contribution in [0.2, 0.25) is 0 Å². The number of methoxy groups -OCH3 is 1. The van der Waals surface area contributed by atoms with E-state index in [-0.39, 0.29) is 46.4 Å². The van der Waals surface area contributed by atoms with Crippen LogP contribution in [0.25, 0.3) is 0 Å². The van der Waals surface area contributed by atoms with Crippen LogP contribution >= 0.6 is 0 Å². The summed E-state index contributed by atoms with van der Waals surface area (Å²) in [6, 6.07) is 1.65. The Morgan fingerprint density at radius 2 is 1.91 bits per heavy atom. The monoisotopic (exact) mass is 467 g/mol. The molecule has 2 aromatic rings. The van der Waals surface area contributed by atoms with E-state index >= 15 is 0 Å². The number of likely N-dealkylation sites (tertiary alicyclic amines) is 1. The van der Waals surface area contributed by atoms with Gasteiger partial charge in [-0.2, -0.15) is 0 Å². The summed E-state index contributed by atoms with van der Waals surface area (Å²) < 4.78 is 7.10. The molecule has 1 saturated carbocycles. The number of nitrogens with one attached hydrogen (secondary N) is 3. The Bertz CT molecular complexity index is 1230. The van der Waals surface area contributed by atoms with Gasteiger partial charge in [0, 0.05) is 31.8 Å². The van der Waals surface area contributed by atoms with Gasteiger partial charge in [-0.1, -0.05) is 6.92 Å². The smallest absolute Gasteiger partial charge is 0.276 e. The number of carbonyl (C=O) groups excluding carboxylic acids is 2. The third kappa shape index (κ3) is 3.60. The van der Waals surface area contributed by atoms with Crippen LogP contribution in [0.15, 0.2) is 17.2 Å². The van der Waals surface area contributed by atoms with Gasteiger partial charge in [0.1, 0.15) is 23.4 Å². The Morgan fingerprint density at radius 1 is 1.24 bits per heavy atom. The van der Waals surface area contributed by atoms with Crippen LogP contribution in [0.4, 0.5) is 17.3 Å². The predicted molar refractivity (Wildman–Crippen MR) is 125 cm³/mol. The Hall–Kier alpha value is -3.47. The first kappa shape index (κ1) is 22.3. The lowest BCUT2D eigenvalue weighted by atomic mass is 9.97. The SMILES string of the molecule is COc1c(NC(=O)C2CC2C)ncnc1Nc1cc(C)c2n(c1=O)C1(CCN(C)CC1)NC2=O. The summed E-state index contributed by atoms with van der Waals surface area (Å²) in [5, 5.41) is 8.94. The minimum atomic E-state index is -0.742. The molecule has 5 rings (SSSR count). The molecule has 2 fully saturated rings. The second-order valence-corrected chi connectivity index (χ2v) is 9.56. The van der Waals surface area contributed by atoms with Crippen molar-refractivity contribution in [2.24, 2.45) is 11.8 Å². The average molecular weight is 468 g/mol. The largest absolute Gasteiger partial charge is 0.490 e. The van der Waals surface area contributed by atoms with Crippen molar-refractivity contribution >= 4 is 29.1 Å². The average Bonchev–Trinajstić information content (AvgIpc) is 3.46. The van der Waals surface area contributed by atoms with E-state index in [1.54, 1.807) is 10.6 Å². The van der Waals surface area contributed by atoms with E-state index in [4.69, 9.17) is 4.74 Å². The van der Waals surface area contributed by atoms with E-state index in [0.29, 0.717) is 30.0 Å². The van der Waals surface area contributed by atoms with E-state index in [0.717, 1.165) is 19.5 Å². The number of pyridine rings is 1. The zero-order valence-electron chi connectivity index (χ0n) is 19.8. The zero-order chi connectivity index (χ0) is 24.2. The lowest BCUT2D eigenvalue weighted by Gasteiger charge is -2.39. The number of hydrogen-bond donors (Lipinski definition) is 3. The summed E-state index contributed by atoms with van der Waals surface area (Å²) in [6.45, 7) is 5.37. The van der Waals surface area contributed by atoms with E-state index in [2.05, 4.69) is 30.8 Å². The van der Waals surface area contributed by atoms with Crippen LogP contribution < -0.4 is 26.2 Å². The minimum absolute atomic E-state index is 0.0316. The van der Waals surface area contributed by atoms with Crippen LogP contribution in [0, 0.1) is 18.8 Å². The molecule has 11 nitrogen and oxygen atoms in total. The molecule has 1 spiro atoms. The summed E-state index contributed by atoms with van der Waals surface area (Å²) in [6.07, 6.45) is 3.42. The lowest BCUT2D eigenvalue weighted by molar-refractivity contribution is -0.117. The van der Waals surface area contributed by atoms with Gasteiger partial charge in [0.2, 0.25) is 11.7 Å². The third-order valence-electron chi connectivity index (χ3n) is 7.14. The number of carbonyl (C=O) groups is 2. The van der Waals surface area contributed by atoms with Gasteiger partial charge in [0.15, 0.2) is 11.6 Å². The Labute approximate surface area is 196 Å². The van der Waals surface area contributed by atoms with E-state index in [1.807, 2.05) is 20.9 Å². The molecule has 2 aliphatic heterocycles. The number of piperidine rings is 1. The quantitative estimate of drug-likeness (QED) is 0.602. The molecular weight excluding hydrogens is 438 g/mol. The van der Waals surface area contributed by atoms with E-state index in [9.17, 15) is 14.4 Å². The van der Waals surface area contributed by atoms with Gasteiger partial charge >= 0.3 is 0 Å². The standard InChI is InChI=1S/C23H29N7O4/c1-12-9-14(12)20(31)27-19-17(34-4)18(24-11-25-19)26-15-10-13(2)16-21(32)28-23(30(16)22(15)33)5-7-29(3)8-6-23/h10-12,14H,5-9H2,1-4H3,(H,28,32)(H2,24,25,26,27,31). The third-order valence-corrected chi connectivity index (χ3v) is 7.14. The van der Waals surface area contributed by atoms with Gasteiger partial charge in [0.05, 0.1) is 7.11 Å². The van der Waals surface area contributed by atoms with Gasteiger partial charge in [0.25, 0.3) is 11.5 Å². The summed E-state index contributed by atoms with van der Waals surface area (Å²) >= 11 is 0. The first-order chi connectivity index (χ1) is 16.2. The van der Waals surface area contributed by atoms with E-state index in [1.165, 1.54) is 13.4 Å². The van der Waals surface area contributed by atoms with Crippen LogP contribution in [-0.2, 0) is 10.5 Å². The normalized spacial score (nSPS) is 22.8. The molecule has 2 aromatic heterocycles. The summed E-state index contributed by atoms with van der Waals surface area (Å²) in [4.78, 5) is 49.5. The maximum Gasteiger partial charge on any atom is 0.276 e. The van der Waals surface area contributed by atoms with Crippen LogP contribution in [0.1, 0.15) is 42.2 Å². The zero-order valence-corrected chi connectivity index (χ0v) is 19.8. The lowest BCUT2D eigenvalue weighted by Crippen LogP contribution is -2.53. The van der Waals surface area contributed by atoms with Gasteiger partial charge in [-0.15, -0.1) is 0 Å².